The molecule has 0 radical (unpaired) electrons. The molecule has 0 saturated heterocycles. The van der Waals surface area contributed by atoms with Gasteiger partial charge in [0, 0.05) is 139 Å². The van der Waals surface area contributed by atoms with Crippen LogP contribution in [-0.4, -0.2) is 0 Å². The maximum atomic E-state index is 6.43. The van der Waals surface area contributed by atoms with Crippen molar-refractivity contribution in [2.45, 2.75) is 19.3 Å². The highest BCUT2D eigenvalue weighted by Gasteiger charge is 2.37. The lowest BCUT2D eigenvalue weighted by molar-refractivity contribution is 0.660. The molecule has 0 aliphatic heterocycles. The molecule has 20 aromatic carbocycles. The van der Waals surface area contributed by atoms with E-state index < -0.39 is 0 Å². The van der Waals surface area contributed by atoms with Gasteiger partial charge in [0.2, 0.25) is 0 Å². The molecular formula is C123H84N4O4. The molecule has 620 valence electrons. The molecule has 8 heteroatoms. The quantitative estimate of drug-likeness (QED) is 0.0894. The molecule has 4 heterocycles. The predicted octanol–water partition coefficient (Wildman–Crippen LogP) is 35.5. The summed E-state index contributed by atoms with van der Waals surface area (Å²) >= 11 is 0. The number of benzene rings is 20. The topological polar surface area (TPSA) is 65.5 Å². The zero-order valence-corrected chi connectivity index (χ0v) is 72.0. The van der Waals surface area contributed by atoms with Gasteiger partial charge in [-0.1, -0.05) is 317 Å². The molecule has 0 unspecified atom stereocenters. The van der Waals surface area contributed by atoms with Crippen molar-refractivity contribution in [3.05, 3.63) is 484 Å². The van der Waals surface area contributed by atoms with Crippen LogP contribution < -0.4 is 19.6 Å². The summed E-state index contributed by atoms with van der Waals surface area (Å²) in [5.41, 5.74) is 36.3. The summed E-state index contributed by atoms with van der Waals surface area (Å²) in [5.74, 6) is 0. The fourth-order valence-corrected chi connectivity index (χ4v) is 19.8. The summed E-state index contributed by atoms with van der Waals surface area (Å²) in [6.45, 7) is 4.73. The summed E-state index contributed by atoms with van der Waals surface area (Å²) in [4.78, 5) is 9.34. The standard InChI is InChI=1S/C63H44N2O2.C60H40N2O2/c1-63(2)57-39-47(64(43-15-5-3-6-16-43)45-31-27-41(28-32-45)49-21-13-23-55-53-19-9-11-25-59(53)66-61(49)55)35-37-51(57)52-38-36-48(40-58(52)63)65(44-17-7-4-8-18-44)46-33-29-42(30-34-46)50-22-14-24-56-54-20-10-12-26-60(54)67-62(50)56;1-3-13-45(14-4-1)61(49-37-29-43(30-38-49)51-19-11-21-55-53-17-7-9-23-57(53)63-59(51)55)47-33-25-41(26-34-47)42-27-35-48(36-28-42)62(46-15-5-2-6-16-46)50-39-31-44(32-40-50)52-20-12-22-56-54-18-8-10-24-58(54)64-60(52)56/h3-40H,1-2H3;1-40H. The molecule has 0 spiro atoms. The van der Waals surface area contributed by atoms with Gasteiger partial charge in [0.25, 0.3) is 0 Å². The van der Waals surface area contributed by atoms with E-state index in [2.05, 4.69) is 458 Å². The molecule has 0 fully saturated rings. The van der Waals surface area contributed by atoms with Gasteiger partial charge in [0.1, 0.15) is 44.7 Å². The molecule has 4 aromatic heterocycles. The molecule has 0 atom stereocenters. The summed E-state index contributed by atoms with van der Waals surface area (Å²) < 4.78 is 25.6. The molecule has 24 aromatic rings. The largest absolute Gasteiger partial charge is 0.455 e. The van der Waals surface area contributed by atoms with Crippen LogP contribution in [0.25, 0.3) is 155 Å². The van der Waals surface area contributed by atoms with Gasteiger partial charge in [-0.3, -0.25) is 0 Å². The van der Waals surface area contributed by atoms with Crippen molar-refractivity contribution in [3.63, 3.8) is 0 Å². The second-order valence-electron chi connectivity index (χ2n) is 34.2. The van der Waals surface area contributed by atoms with Crippen molar-refractivity contribution in [1.82, 2.24) is 0 Å². The minimum Gasteiger partial charge on any atom is -0.455 e. The Hall–Kier alpha value is -17.2. The Kier molecular flexibility index (Phi) is 19.1. The molecular weight excluding hydrogens is 1600 g/mol. The first-order valence-electron chi connectivity index (χ1n) is 44.6. The highest BCUT2D eigenvalue weighted by atomic mass is 16.3. The second kappa shape index (κ2) is 32.3. The number of para-hydroxylation sites is 12. The minimum absolute atomic E-state index is 0.272. The van der Waals surface area contributed by atoms with Gasteiger partial charge in [-0.25, -0.2) is 0 Å². The molecule has 1 aliphatic carbocycles. The summed E-state index contributed by atoms with van der Waals surface area (Å²) in [6.07, 6.45) is 0. The maximum absolute atomic E-state index is 6.43. The molecule has 0 amide bonds. The van der Waals surface area contributed by atoms with E-state index in [-0.39, 0.29) is 5.41 Å². The Morgan fingerprint density at radius 2 is 0.344 bits per heavy atom. The van der Waals surface area contributed by atoms with Crippen LogP contribution in [0.5, 0.6) is 0 Å². The Bertz CT molecular complexity index is 7900. The Balaban J connectivity index is 0.000000145. The van der Waals surface area contributed by atoms with E-state index in [1.54, 1.807) is 0 Å². The van der Waals surface area contributed by atoms with Crippen molar-refractivity contribution < 1.29 is 17.7 Å². The van der Waals surface area contributed by atoms with Gasteiger partial charge in [0.15, 0.2) is 0 Å². The SMILES string of the molecule is CC1(C)c2cc(N(c3ccccc3)c3ccc(-c4cccc5c4oc4ccccc45)cc3)ccc2-c2ccc(N(c3ccccc3)c3ccc(-c4cccc5c4oc4ccccc45)cc3)cc21.c1ccc(N(c2ccc(-c3ccc(N(c4ccccc4)c4ccc(-c5cccc6c5oc5ccccc56)cc4)cc3)cc2)c2ccc(-c3cccc4c3oc3ccccc34)cc2)cc1. The van der Waals surface area contributed by atoms with Gasteiger partial charge in [-0.05, 0) is 225 Å². The van der Waals surface area contributed by atoms with Crippen molar-refractivity contribution >= 4 is 156 Å². The number of hydrogen-bond acceptors (Lipinski definition) is 8. The first kappa shape index (κ1) is 77.4. The lowest BCUT2D eigenvalue weighted by Gasteiger charge is -2.29. The Morgan fingerprint density at radius 3 is 0.588 bits per heavy atom. The third-order valence-corrected chi connectivity index (χ3v) is 26.2. The average Bonchev–Trinajstić information content (AvgIpc) is 1.56. The van der Waals surface area contributed by atoms with E-state index in [1.165, 1.54) is 22.3 Å². The number of rotatable bonds is 17. The number of hydrogen-bond donors (Lipinski definition) is 0. The Labute approximate surface area is 758 Å². The van der Waals surface area contributed by atoms with Crippen LogP contribution in [0.15, 0.2) is 491 Å². The maximum Gasteiger partial charge on any atom is 0.143 e. The zero-order valence-electron chi connectivity index (χ0n) is 72.0. The fraction of sp³-hybridized carbons (Fsp3) is 0.0244. The minimum atomic E-state index is -0.272. The third kappa shape index (κ3) is 13.8. The predicted molar refractivity (Wildman–Crippen MR) is 545 cm³/mol. The summed E-state index contributed by atoms with van der Waals surface area (Å²) in [7, 11) is 0. The van der Waals surface area contributed by atoms with Crippen LogP contribution in [0.4, 0.5) is 68.2 Å². The normalized spacial score (nSPS) is 12.1. The number of fused-ring (bicyclic) bond motifs is 15. The zero-order chi connectivity index (χ0) is 87.0. The highest BCUT2D eigenvalue weighted by Crippen LogP contribution is 2.54. The van der Waals surface area contributed by atoms with Crippen LogP contribution >= 0.6 is 0 Å². The molecule has 131 heavy (non-hydrogen) atoms. The smallest absolute Gasteiger partial charge is 0.143 e. The highest BCUT2D eigenvalue weighted by molar-refractivity contribution is 6.13. The van der Waals surface area contributed by atoms with Gasteiger partial charge < -0.3 is 37.3 Å². The van der Waals surface area contributed by atoms with E-state index >= 15 is 0 Å². The van der Waals surface area contributed by atoms with Crippen LogP contribution in [-0.2, 0) is 5.41 Å². The number of furan rings is 4. The number of anilines is 12. The molecule has 8 nitrogen and oxygen atoms in total. The third-order valence-electron chi connectivity index (χ3n) is 26.2. The van der Waals surface area contributed by atoms with Crippen LogP contribution in [0.2, 0.25) is 0 Å². The van der Waals surface area contributed by atoms with Gasteiger partial charge in [-0.15, -0.1) is 0 Å². The van der Waals surface area contributed by atoms with Crippen molar-refractivity contribution in [2.24, 2.45) is 0 Å². The summed E-state index contributed by atoms with van der Waals surface area (Å²) in [5, 5.41) is 9.07. The van der Waals surface area contributed by atoms with Crippen LogP contribution in [0.3, 0.4) is 0 Å². The molecule has 0 N–H and O–H groups in total. The van der Waals surface area contributed by atoms with E-state index in [1.807, 2.05) is 48.5 Å². The number of nitrogens with zero attached hydrogens (tertiary/aromatic N) is 4. The van der Waals surface area contributed by atoms with Gasteiger partial charge in [0.05, 0.1) is 0 Å². The monoisotopic (exact) mass is 1680 g/mol. The average molecular weight is 1680 g/mol. The van der Waals surface area contributed by atoms with E-state index in [9.17, 15) is 0 Å². The van der Waals surface area contributed by atoms with Gasteiger partial charge >= 0.3 is 0 Å². The lowest BCUT2D eigenvalue weighted by atomic mass is 9.82. The van der Waals surface area contributed by atoms with E-state index in [0.29, 0.717) is 0 Å². The first-order valence-corrected chi connectivity index (χ1v) is 44.6. The molecule has 1 aliphatic rings. The van der Waals surface area contributed by atoms with Crippen molar-refractivity contribution in [2.75, 3.05) is 19.6 Å². The van der Waals surface area contributed by atoms with E-state index in [0.717, 1.165) is 212 Å². The Morgan fingerprint density at radius 1 is 0.153 bits per heavy atom. The lowest BCUT2D eigenvalue weighted by Crippen LogP contribution is -2.17. The summed E-state index contributed by atoms with van der Waals surface area (Å²) in [6, 6.07) is 168. The van der Waals surface area contributed by atoms with Crippen LogP contribution in [0.1, 0.15) is 25.0 Å². The van der Waals surface area contributed by atoms with Crippen molar-refractivity contribution in [1.29, 1.82) is 0 Å². The molecule has 0 saturated carbocycles. The van der Waals surface area contributed by atoms with Gasteiger partial charge in [-0.2, -0.15) is 0 Å². The second-order valence-corrected chi connectivity index (χ2v) is 34.2. The van der Waals surface area contributed by atoms with E-state index in [4.69, 9.17) is 17.7 Å². The fourth-order valence-electron chi connectivity index (χ4n) is 19.8. The van der Waals surface area contributed by atoms with Crippen LogP contribution in [0, 0.1) is 0 Å². The first-order chi connectivity index (χ1) is 64.7. The molecule has 25 rings (SSSR count). The van der Waals surface area contributed by atoms with Crippen molar-refractivity contribution in [3.8, 4) is 66.8 Å². The molecule has 0 bridgehead atoms.